The molecule has 0 radical (unpaired) electrons. The minimum atomic E-state index is -0.291. The van der Waals surface area contributed by atoms with Gasteiger partial charge in [0.25, 0.3) is 5.91 Å². The lowest BCUT2D eigenvalue weighted by atomic mass is 10.1. The van der Waals surface area contributed by atoms with E-state index in [4.69, 9.17) is 4.74 Å². The maximum Gasteiger partial charge on any atom is 0.255 e. The normalized spacial score (nSPS) is 10.2. The molecule has 0 bridgehead atoms. The number of phenols is 1. The highest BCUT2D eigenvalue weighted by Gasteiger charge is 2.10. The molecule has 4 heteroatoms. The number of methoxy groups -OCH3 is 1. The molecular formula is C20H17NO3. The highest BCUT2D eigenvalue weighted by molar-refractivity contribution is 6.04. The average molecular weight is 319 g/mol. The number of rotatable bonds is 4. The molecule has 0 aliphatic heterocycles. The van der Waals surface area contributed by atoms with E-state index in [-0.39, 0.29) is 11.7 Å². The molecule has 0 atom stereocenters. The van der Waals surface area contributed by atoms with Gasteiger partial charge in [-0.25, -0.2) is 0 Å². The molecule has 24 heavy (non-hydrogen) atoms. The van der Waals surface area contributed by atoms with Gasteiger partial charge in [0, 0.05) is 11.3 Å². The van der Waals surface area contributed by atoms with E-state index < -0.39 is 0 Å². The van der Waals surface area contributed by atoms with Crippen LogP contribution in [0.3, 0.4) is 0 Å². The van der Waals surface area contributed by atoms with Gasteiger partial charge in [-0.1, -0.05) is 42.5 Å². The number of phenolic OH excluding ortho intramolecular Hbond substituents is 1. The van der Waals surface area contributed by atoms with E-state index in [0.717, 1.165) is 11.1 Å². The number of carbonyl (C=O) groups excluding carboxylic acids is 1. The Labute approximate surface area is 140 Å². The van der Waals surface area contributed by atoms with Gasteiger partial charge in [0.15, 0.2) is 11.5 Å². The Morgan fingerprint density at radius 1 is 0.917 bits per heavy atom. The molecule has 3 aromatic carbocycles. The molecule has 0 fully saturated rings. The monoisotopic (exact) mass is 319 g/mol. The van der Waals surface area contributed by atoms with Crippen LogP contribution in [-0.2, 0) is 0 Å². The first-order valence-corrected chi connectivity index (χ1v) is 7.51. The van der Waals surface area contributed by atoms with Crippen LogP contribution in [0.4, 0.5) is 5.69 Å². The number of carbonyl (C=O) groups is 1. The lowest BCUT2D eigenvalue weighted by Crippen LogP contribution is -2.11. The fraction of sp³-hybridized carbons (Fsp3) is 0.0500. The van der Waals surface area contributed by atoms with E-state index in [1.54, 1.807) is 12.1 Å². The highest BCUT2D eigenvalue weighted by atomic mass is 16.5. The fourth-order valence-electron chi connectivity index (χ4n) is 2.41. The molecule has 0 aliphatic rings. The summed E-state index contributed by atoms with van der Waals surface area (Å²) in [5, 5.41) is 12.6. The maximum absolute atomic E-state index is 12.3. The predicted octanol–water partition coefficient (Wildman–Crippen LogP) is 4.32. The van der Waals surface area contributed by atoms with Crippen molar-refractivity contribution in [2.75, 3.05) is 12.4 Å². The second-order valence-electron chi connectivity index (χ2n) is 5.28. The number of aromatic hydroxyl groups is 1. The van der Waals surface area contributed by atoms with Crippen LogP contribution in [0.15, 0.2) is 72.8 Å². The number of benzene rings is 3. The molecule has 120 valence electrons. The van der Waals surface area contributed by atoms with E-state index in [2.05, 4.69) is 5.32 Å². The molecule has 3 rings (SSSR count). The first-order chi connectivity index (χ1) is 11.7. The summed E-state index contributed by atoms with van der Waals surface area (Å²) < 4.78 is 4.97. The Bertz CT molecular complexity index is 843. The molecule has 0 aromatic heterocycles. The lowest BCUT2D eigenvalue weighted by molar-refractivity contribution is 0.102. The van der Waals surface area contributed by atoms with Crippen LogP contribution in [-0.4, -0.2) is 18.1 Å². The van der Waals surface area contributed by atoms with Gasteiger partial charge < -0.3 is 15.2 Å². The first-order valence-electron chi connectivity index (χ1n) is 7.51. The number of hydrogen-bond acceptors (Lipinski definition) is 3. The summed E-state index contributed by atoms with van der Waals surface area (Å²) in [6.07, 6.45) is 0. The van der Waals surface area contributed by atoms with Crippen LogP contribution in [0.1, 0.15) is 10.4 Å². The quantitative estimate of drug-likeness (QED) is 0.753. The number of nitrogens with one attached hydrogen (secondary N) is 1. The summed E-state index contributed by atoms with van der Waals surface area (Å²) in [6, 6.07) is 22.2. The number of anilines is 1. The van der Waals surface area contributed by atoms with E-state index >= 15 is 0 Å². The molecule has 0 aliphatic carbocycles. The molecular weight excluding hydrogens is 302 g/mol. The van der Waals surface area contributed by atoms with Gasteiger partial charge >= 0.3 is 0 Å². The SMILES string of the molecule is COc1ccc(C(=O)Nc2ccc(-c3ccccc3)cc2)cc1O. The predicted molar refractivity (Wildman–Crippen MR) is 94.5 cm³/mol. The van der Waals surface area contributed by atoms with Crippen molar-refractivity contribution in [1.82, 2.24) is 0 Å². The largest absolute Gasteiger partial charge is 0.504 e. The van der Waals surface area contributed by atoms with Crippen molar-refractivity contribution in [3.05, 3.63) is 78.4 Å². The zero-order valence-electron chi connectivity index (χ0n) is 13.2. The molecule has 4 nitrogen and oxygen atoms in total. The molecule has 0 unspecified atom stereocenters. The average Bonchev–Trinajstić information content (AvgIpc) is 2.63. The Kier molecular flexibility index (Phi) is 4.47. The highest BCUT2D eigenvalue weighted by Crippen LogP contribution is 2.27. The first kappa shape index (κ1) is 15.6. The van der Waals surface area contributed by atoms with Crippen LogP contribution in [0, 0.1) is 0 Å². The number of ether oxygens (including phenoxy) is 1. The molecule has 1 amide bonds. The summed E-state index contributed by atoms with van der Waals surface area (Å²) in [5.74, 6) is -0.0243. The van der Waals surface area contributed by atoms with Gasteiger partial charge in [-0.15, -0.1) is 0 Å². The zero-order chi connectivity index (χ0) is 16.9. The minimum absolute atomic E-state index is 0.0652. The Morgan fingerprint density at radius 2 is 1.58 bits per heavy atom. The molecule has 0 saturated carbocycles. The summed E-state index contributed by atoms with van der Waals surface area (Å²) in [6.45, 7) is 0. The third-order valence-electron chi connectivity index (χ3n) is 3.69. The van der Waals surface area contributed by atoms with Crippen molar-refractivity contribution >= 4 is 11.6 Å². The molecule has 3 aromatic rings. The number of hydrogen-bond donors (Lipinski definition) is 2. The number of amides is 1. The smallest absolute Gasteiger partial charge is 0.255 e. The topological polar surface area (TPSA) is 58.6 Å². The zero-order valence-corrected chi connectivity index (χ0v) is 13.2. The van der Waals surface area contributed by atoms with Gasteiger partial charge in [0.05, 0.1) is 7.11 Å². The summed E-state index contributed by atoms with van der Waals surface area (Å²) in [7, 11) is 1.46. The Hall–Kier alpha value is -3.27. The van der Waals surface area contributed by atoms with Gasteiger partial charge in [0.2, 0.25) is 0 Å². The third kappa shape index (κ3) is 3.38. The molecule has 0 spiro atoms. The van der Waals surface area contributed by atoms with Crippen LogP contribution >= 0.6 is 0 Å². The summed E-state index contributed by atoms with van der Waals surface area (Å²) >= 11 is 0. The Balaban J connectivity index is 1.74. The third-order valence-corrected chi connectivity index (χ3v) is 3.69. The van der Waals surface area contributed by atoms with E-state index in [1.807, 2.05) is 54.6 Å². The van der Waals surface area contributed by atoms with Gasteiger partial charge in [-0.3, -0.25) is 4.79 Å². The second-order valence-corrected chi connectivity index (χ2v) is 5.28. The van der Waals surface area contributed by atoms with Crippen LogP contribution in [0.5, 0.6) is 11.5 Å². The van der Waals surface area contributed by atoms with Crippen molar-refractivity contribution < 1.29 is 14.6 Å². The summed E-state index contributed by atoms with van der Waals surface area (Å²) in [4.78, 5) is 12.3. The van der Waals surface area contributed by atoms with Gasteiger partial charge in [-0.05, 0) is 41.5 Å². The lowest BCUT2D eigenvalue weighted by Gasteiger charge is -2.08. The van der Waals surface area contributed by atoms with Crippen molar-refractivity contribution in [2.45, 2.75) is 0 Å². The molecule has 0 saturated heterocycles. The standard InChI is InChI=1S/C20H17NO3/c1-24-19-12-9-16(13-18(19)22)20(23)21-17-10-7-15(8-11-17)14-5-3-2-4-6-14/h2-13,22H,1H3,(H,21,23). The second kappa shape index (κ2) is 6.87. The maximum atomic E-state index is 12.3. The van der Waals surface area contributed by atoms with Gasteiger partial charge in [0.1, 0.15) is 0 Å². The van der Waals surface area contributed by atoms with Crippen molar-refractivity contribution in [1.29, 1.82) is 0 Å². The van der Waals surface area contributed by atoms with Crippen molar-refractivity contribution in [3.63, 3.8) is 0 Å². The van der Waals surface area contributed by atoms with Gasteiger partial charge in [-0.2, -0.15) is 0 Å². The van der Waals surface area contributed by atoms with Crippen molar-refractivity contribution in [2.24, 2.45) is 0 Å². The van der Waals surface area contributed by atoms with Crippen molar-refractivity contribution in [3.8, 4) is 22.6 Å². The van der Waals surface area contributed by atoms with Crippen LogP contribution < -0.4 is 10.1 Å². The van der Waals surface area contributed by atoms with Crippen LogP contribution in [0.25, 0.3) is 11.1 Å². The minimum Gasteiger partial charge on any atom is -0.504 e. The van der Waals surface area contributed by atoms with Crippen LogP contribution in [0.2, 0.25) is 0 Å². The molecule has 0 heterocycles. The Morgan fingerprint density at radius 3 is 2.21 bits per heavy atom. The van der Waals surface area contributed by atoms with E-state index in [1.165, 1.54) is 13.2 Å². The fourth-order valence-corrected chi connectivity index (χ4v) is 2.41. The summed E-state index contributed by atoms with van der Waals surface area (Å²) in [5.41, 5.74) is 3.25. The van der Waals surface area contributed by atoms with E-state index in [9.17, 15) is 9.90 Å². The molecule has 2 N–H and O–H groups in total. The van der Waals surface area contributed by atoms with E-state index in [0.29, 0.717) is 17.0 Å².